The number of benzene rings is 1. The second kappa shape index (κ2) is 7.05. The summed E-state index contributed by atoms with van der Waals surface area (Å²) in [7, 11) is 1.48. The second-order valence-electron chi connectivity index (χ2n) is 6.38. The molecule has 25 heavy (non-hydrogen) atoms. The highest BCUT2D eigenvalue weighted by molar-refractivity contribution is 7.99. The van der Waals surface area contributed by atoms with E-state index in [1.54, 1.807) is 0 Å². The highest BCUT2D eigenvalue weighted by atomic mass is 32.2. The van der Waals surface area contributed by atoms with Crippen molar-refractivity contribution in [2.75, 3.05) is 26.7 Å². The Bertz CT molecular complexity index is 741. The van der Waals surface area contributed by atoms with Crippen LogP contribution in [-0.4, -0.2) is 53.8 Å². The Morgan fingerprint density at radius 3 is 2.64 bits per heavy atom. The number of ether oxygens (including phenoxy) is 1. The molecule has 4 heterocycles. The average Bonchev–Trinajstić information content (AvgIpc) is 3.11. The lowest BCUT2D eigenvalue weighted by Gasteiger charge is -2.44. The highest BCUT2D eigenvalue weighted by Gasteiger charge is 2.34. The van der Waals surface area contributed by atoms with E-state index in [4.69, 9.17) is 9.15 Å². The van der Waals surface area contributed by atoms with Gasteiger partial charge in [-0.25, -0.2) is 0 Å². The fourth-order valence-electron chi connectivity index (χ4n) is 3.48. The maximum Gasteiger partial charge on any atom is 0.415 e. The second-order valence-corrected chi connectivity index (χ2v) is 7.41. The minimum absolute atomic E-state index is 0.00485. The van der Waals surface area contributed by atoms with Crippen LogP contribution in [0.2, 0.25) is 0 Å². The molecule has 5 rings (SSSR count). The Labute approximate surface area is 150 Å². The largest absolute Gasteiger partial charge is 0.452 e. The molecule has 0 radical (unpaired) electrons. The van der Waals surface area contributed by atoms with Gasteiger partial charge in [0.2, 0.25) is 0 Å². The molecule has 132 valence electrons. The normalized spacial score (nSPS) is 24.9. The van der Waals surface area contributed by atoms with Crippen LogP contribution >= 0.6 is 11.8 Å². The van der Waals surface area contributed by atoms with Crippen molar-refractivity contribution < 1.29 is 13.9 Å². The van der Waals surface area contributed by atoms with Crippen molar-refractivity contribution in [3.63, 3.8) is 0 Å². The third kappa shape index (κ3) is 3.64. The fraction of sp³-hybridized carbons (Fsp3) is 0.471. The Morgan fingerprint density at radius 2 is 2.04 bits per heavy atom. The van der Waals surface area contributed by atoms with Crippen LogP contribution in [0.5, 0.6) is 6.08 Å². The van der Waals surface area contributed by atoms with Crippen LogP contribution in [0, 0.1) is 5.92 Å². The maximum absolute atomic E-state index is 12.5. The van der Waals surface area contributed by atoms with Crippen molar-refractivity contribution in [2.24, 2.45) is 5.92 Å². The van der Waals surface area contributed by atoms with Crippen molar-refractivity contribution in [1.82, 2.24) is 20.4 Å². The van der Waals surface area contributed by atoms with Gasteiger partial charge in [-0.15, -0.1) is 0 Å². The van der Waals surface area contributed by atoms with Gasteiger partial charge >= 0.3 is 6.08 Å². The molecule has 3 aliphatic rings. The molecular formula is C17H20N4O3S. The van der Waals surface area contributed by atoms with E-state index in [0.717, 1.165) is 11.4 Å². The number of aromatic nitrogens is 2. The zero-order valence-electron chi connectivity index (χ0n) is 14.0. The molecule has 1 N–H and O–H groups in total. The molecule has 0 spiro atoms. The molecule has 3 aliphatic heterocycles. The lowest BCUT2D eigenvalue weighted by molar-refractivity contribution is 0.0620. The molecule has 2 aromatic rings. The average molecular weight is 360 g/mol. The van der Waals surface area contributed by atoms with E-state index in [2.05, 4.69) is 20.4 Å². The SMILES string of the molecule is COc1nnc(Sc2ccc(C(=O)NC3CN4CCC3CC4)cc2)o1. The number of nitrogens with zero attached hydrogens (tertiary/aromatic N) is 3. The Hall–Kier alpha value is -2.06. The number of carbonyl (C=O) groups excluding carboxylic acids is 1. The van der Waals surface area contributed by atoms with Crippen LogP contribution < -0.4 is 10.1 Å². The molecule has 3 saturated heterocycles. The number of amides is 1. The predicted molar refractivity (Wildman–Crippen MR) is 91.8 cm³/mol. The van der Waals surface area contributed by atoms with E-state index in [1.165, 1.54) is 44.8 Å². The summed E-state index contributed by atoms with van der Waals surface area (Å²) < 4.78 is 10.1. The van der Waals surface area contributed by atoms with Crippen molar-refractivity contribution in [3.05, 3.63) is 29.8 Å². The van der Waals surface area contributed by atoms with E-state index >= 15 is 0 Å². The van der Waals surface area contributed by atoms with Crippen LogP contribution in [0.25, 0.3) is 0 Å². The van der Waals surface area contributed by atoms with Gasteiger partial charge in [-0.1, -0.05) is 10.2 Å². The number of nitrogens with one attached hydrogen (secondary N) is 1. The molecule has 1 aromatic carbocycles. The summed E-state index contributed by atoms with van der Waals surface area (Å²) in [5.41, 5.74) is 0.670. The summed E-state index contributed by atoms with van der Waals surface area (Å²) >= 11 is 1.33. The first-order valence-electron chi connectivity index (χ1n) is 8.40. The van der Waals surface area contributed by atoms with Gasteiger partial charge in [0, 0.05) is 23.0 Å². The van der Waals surface area contributed by atoms with Gasteiger partial charge in [0.25, 0.3) is 11.1 Å². The van der Waals surface area contributed by atoms with Gasteiger partial charge in [0.1, 0.15) is 0 Å². The number of methoxy groups -OCH3 is 1. The molecule has 1 atom stereocenters. The van der Waals surface area contributed by atoms with E-state index < -0.39 is 0 Å². The summed E-state index contributed by atoms with van der Waals surface area (Å²) in [6.45, 7) is 3.32. The number of carbonyl (C=O) groups is 1. The van der Waals surface area contributed by atoms with Gasteiger partial charge in [-0.3, -0.25) is 4.79 Å². The van der Waals surface area contributed by atoms with Crippen molar-refractivity contribution in [2.45, 2.75) is 29.0 Å². The Balaban J connectivity index is 1.37. The third-order valence-corrected chi connectivity index (χ3v) is 5.70. The first-order chi connectivity index (χ1) is 12.2. The molecule has 1 aromatic heterocycles. The van der Waals surface area contributed by atoms with E-state index in [9.17, 15) is 4.79 Å². The third-order valence-electron chi connectivity index (χ3n) is 4.86. The smallest absolute Gasteiger partial charge is 0.415 e. The van der Waals surface area contributed by atoms with Gasteiger partial charge in [-0.05, 0) is 67.9 Å². The first-order valence-corrected chi connectivity index (χ1v) is 9.21. The minimum Gasteiger partial charge on any atom is -0.452 e. The summed E-state index contributed by atoms with van der Waals surface area (Å²) in [5.74, 6) is 0.617. The predicted octanol–water partition coefficient (Wildman–Crippen LogP) is 2.05. The topological polar surface area (TPSA) is 80.5 Å². The molecular weight excluding hydrogens is 340 g/mol. The number of piperidine rings is 3. The lowest BCUT2D eigenvalue weighted by Crippen LogP contribution is -2.57. The number of rotatable bonds is 5. The number of hydrogen-bond donors (Lipinski definition) is 1. The first kappa shape index (κ1) is 16.4. The van der Waals surface area contributed by atoms with Gasteiger partial charge in [0.15, 0.2) is 0 Å². The molecule has 1 unspecified atom stereocenters. The van der Waals surface area contributed by atoms with Crippen LogP contribution in [-0.2, 0) is 0 Å². The van der Waals surface area contributed by atoms with Crippen LogP contribution in [0.4, 0.5) is 0 Å². The van der Waals surface area contributed by atoms with Gasteiger partial charge in [0.05, 0.1) is 7.11 Å². The maximum atomic E-state index is 12.5. The number of hydrogen-bond acceptors (Lipinski definition) is 7. The zero-order chi connectivity index (χ0) is 17.2. The van der Waals surface area contributed by atoms with E-state index in [1.807, 2.05) is 24.3 Å². The summed E-state index contributed by atoms with van der Waals surface area (Å²) in [6, 6.07) is 7.69. The fourth-order valence-corrected chi connectivity index (χ4v) is 4.14. The van der Waals surface area contributed by atoms with E-state index in [-0.39, 0.29) is 18.0 Å². The van der Waals surface area contributed by atoms with Gasteiger partial charge < -0.3 is 19.4 Å². The summed E-state index contributed by atoms with van der Waals surface area (Å²) in [5, 5.41) is 11.2. The highest BCUT2D eigenvalue weighted by Crippen LogP contribution is 2.29. The molecule has 2 bridgehead atoms. The van der Waals surface area contributed by atoms with Crippen LogP contribution in [0.15, 0.2) is 38.8 Å². The van der Waals surface area contributed by atoms with Crippen molar-refractivity contribution in [3.8, 4) is 6.08 Å². The minimum atomic E-state index is -0.00485. The number of fused-ring (bicyclic) bond motifs is 3. The quantitative estimate of drug-likeness (QED) is 0.874. The molecule has 8 heteroatoms. The molecule has 7 nitrogen and oxygen atoms in total. The van der Waals surface area contributed by atoms with Crippen LogP contribution in [0.1, 0.15) is 23.2 Å². The van der Waals surface area contributed by atoms with Gasteiger partial charge in [-0.2, -0.15) is 0 Å². The monoisotopic (exact) mass is 360 g/mol. The van der Waals surface area contributed by atoms with Crippen LogP contribution in [0.3, 0.4) is 0 Å². The van der Waals surface area contributed by atoms with Crippen molar-refractivity contribution >= 4 is 17.7 Å². The standard InChI is InChI=1S/C17H20N4O3S/c1-23-16-19-20-17(24-16)25-13-4-2-12(3-5-13)15(22)18-14-10-21-8-6-11(14)7-9-21/h2-5,11,14H,6-10H2,1H3,(H,18,22). The van der Waals surface area contributed by atoms with Crippen molar-refractivity contribution in [1.29, 1.82) is 0 Å². The summed E-state index contributed by atoms with van der Waals surface area (Å²) in [4.78, 5) is 15.9. The molecule has 1 amide bonds. The zero-order valence-corrected chi connectivity index (χ0v) is 14.8. The van der Waals surface area contributed by atoms with E-state index in [0.29, 0.717) is 16.7 Å². The lowest BCUT2D eigenvalue weighted by atomic mass is 9.84. The summed E-state index contributed by atoms with van der Waals surface area (Å²) in [6.07, 6.45) is 2.51. The molecule has 3 fully saturated rings. The Kier molecular flexibility index (Phi) is 4.63. The Morgan fingerprint density at radius 1 is 1.28 bits per heavy atom. The molecule has 0 saturated carbocycles. The molecule has 0 aliphatic carbocycles.